The smallest absolute Gasteiger partial charge is 0.452 e. The zero-order valence-electron chi connectivity index (χ0n) is 14.3. The molecule has 0 aliphatic heterocycles. The molecular weight excluding hydrogens is 288 g/mol. The number of hydrogen-bond acceptors (Lipinski definition) is 4. The van der Waals surface area contributed by atoms with E-state index in [1.54, 1.807) is 13.8 Å². The zero-order chi connectivity index (χ0) is 16.8. The molecule has 0 atom stereocenters. The van der Waals surface area contributed by atoms with E-state index in [0.29, 0.717) is 0 Å². The summed E-state index contributed by atoms with van der Waals surface area (Å²) in [7, 11) is -2.35. The molecule has 21 heavy (non-hydrogen) atoms. The lowest BCUT2D eigenvalue weighted by Gasteiger charge is -2.40. The summed E-state index contributed by atoms with van der Waals surface area (Å²) in [6.07, 6.45) is -1.99. The van der Waals surface area contributed by atoms with Crippen LogP contribution in [0, 0.1) is 0 Å². The number of rotatable bonds is 5. The number of carbonyl (C=O) groups excluding carboxylic acids is 2. The Balaban J connectivity index is 5.00. The van der Waals surface area contributed by atoms with Crippen molar-refractivity contribution in [2.24, 2.45) is 10.2 Å². The van der Waals surface area contributed by atoms with Gasteiger partial charge in [0.2, 0.25) is 0 Å². The Morgan fingerprint density at radius 3 is 1.48 bits per heavy atom. The summed E-state index contributed by atoms with van der Waals surface area (Å²) in [4.78, 5) is 23.2. The lowest BCUT2D eigenvalue weighted by molar-refractivity contribution is 0.123. The molecular formula is C14H28N2O4Si. The van der Waals surface area contributed by atoms with Gasteiger partial charge in [0, 0.05) is 0 Å². The minimum absolute atomic E-state index is 0.249. The van der Waals surface area contributed by atoms with E-state index < -0.39 is 20.5 Å². The van der Waals surface area contributed by atoms with Crippen LogP contribution >= 0.6 is 0 Å². The van der Waals surface area contributed by atoms with Gasteiger partial charge in [0.25, 0.3) is 8.32 Å². The largest absolute Gasteiger partial charge is 0.500 e. The normalized spacial score (nSPS) is 12.8. The van der Waals surface area contributed by atoms with Crippen LogP contribution in [0.5, 0.6) is 0 Å². The van der Waals surface area contributed by atoms with Gasteiger partial charge in [0.05, 0.1) is 6.10 Å². The molecule has 0 N–H and O–H groups in total. The van der Waals surface area contributed by atoms with Crippen LogP contribution in [0.25, 0.3) is 0 Å². The van der Waals surface area contributed by atoms with Gasteiger partial charge in [-0.1, -0.05) is 51.8 Å². The molecule has 0 aromatic rings. The first-order valence-corrected chi connectivity index (χ1v) is 9.53. The second-order valence-corrected chi connectivity index (χ2v) is 11.7. The van der Waals surface area contributed by atoms with E-state index in [1.807, 2.05) is 0 Å². The van der Waals surface area contributed by atoms with Crippen molar-refractivity contribution in [1.29, 1.82) is 0 Å². The molecule has 0 heterocycles. The lowest BCUT2D eigenvalue weighted by atomic mass is 10.5. The molecule has 2 amide bonds. The summed E-state index contributed by atoms with van der Waals surface area (Å²) in [5.41, 5.74) is 0.748. The monoisotopic (exact) mass is 316 g/mol. The summed E-state index contributed by atoms with van der Waals surface area (Å²) in [5, 5.41) is 6.57. The summed E-state index contributed by atoms with van der Waals surface area (Å²) < 4.78 is 10.5. The zero-order valence-corrected chi connectivity index (χ0v) is 15.3. The van der Waals surface area contributed by atoms with Crippen LogP contribution in [0.2, 0.25) is 16.6 Å². The fourth-order valence-corrected chi connectivity index (χ4v) is 7.88. The lowest BCUT2D eigenvalue weighted by Crippen LogP contribution is -2.48. The van der Waals surface area contributed by atoms with Gasteiger partial charge in [-0.2, -0.15) is 0 Å². The maximum atomic E-state index is 11.9. The van der Waals surface area contributed by atoms with E-state index in [1.165, 1.54) is 0 Å². The number of ether oxygens (including phenoxy) is 1. The van der Waals surface area contributed by atoms with Gasteiger partial charge in [-0.25, -0.2) is 9.59 Å². The molecule has 0 rings (SSSR count). The van der Waals surface area contributed by atoms with Crippen molar-refractivity contribution in [3.8, 4) is 0 Å². The van der Waals surface area contributed by atoms with Crippen LogP contribution in [0.4, 0.5) is 9.59 Å². The molecule has 6 nitrogen and oxygen atoms in total. The average molecular weight is 316 g/mol. The van der Waals surface area contributed by atoms with Crippen molar-refractivity contribution in [3.63, 3.8) is 0 Å². The van der Waals surface area contributed by atoms with Crippen molar-refractivity contribution >= 4 is 20.5 Å². The predicted molar refractivity (Wildman–Crippen MR) is 84.0 cm³/mol. The number of carbonyl (C=O) groups is 2. The average Bonchev–Trinajstić information content (AvgIpc) is 2.31. The maximum absolute atomic E-state index is 11.9. The molecule has 0 saturated heterocycles. The fourth-order valence-electron chi connectivity index (χ4n) is 2.83. The predicted octanol–water partition coefficient (Wildman–Crippen LogP) is 5.30. The third-order valence-electron chi connectivity index (χ3n) is 3.52. The van der Waals surface area contributed by atoms with Gasteiger partial charge in [-0.3, -0.25) is 0 Å². The van der Waals surface area contributed by atoms with Crippen molar-refractivity contribution < 1.29 is 18.8 Å². The second kappa shape index (κ2) is 8.26. The Morgan fingerprint density at radius 1 is 0.762 bits per heavy atom. The van der Waals surface area contributed by atoms with Crippen molar-refractivity contribution in [2.75, 3.05) is 0 Å². The summed E-state index contributed by atoms with van der Waals surface area (Å²) >= 11 is 0. The molecule has 0 aliphatic rings. The molecule has 0 aromatic heterocycles. The highest BCUT2D eigenvalue weighted by Crippen LogP contribution is 2.42. The Morgan fingerprint density at radius 2 is 1.14 bits per heavy atom. The number of amides is 2. The van der Waals surface area contributed by atoms with E-state index in [9.17, 15) is 9.59 Å². The standard InChI is InChI=1S/C14H28N2O4Si/c1-9(2)19-13(17)15-16-14(18)20-21(10(3)4,11(5)6)12(7)8/h9-12H,1-8H3/b16-15+. The highest BCUT2D eigenvalue weighted by molar-refractivity contribution is 6.78. The van der Waals surface area contributed by atoms with Crippen molar-refractivity contribution in [3.05, 3.63) is 0 Å². The summed E-state index contributed by atoms with van der Waals surface area (Å²) in [5.74, 6) is 0. The third kappa shape index (κ3) is 5.57. The Bertz CT molecular complexity index is 371. The SMILES string of the molecule is CC(C)OC(=O)/N=N/C(=O)O[Si](C(C)C)(C(C)C)C(C)C. The van der Waals surface area contributed by atoms with Gasteiger partial charge in [-0.15, -0.1) is 0 Å². The van der Waals surface area contributed by atoms with Crippen molar-refractivity contribution in [1.82, 2.24) is 0 Å². The van der Waals surface area contributed by atoms with E-state index in [-0.39, 0.29) is 22.7 Å². The maximum Gasteiger partial charge on any atom is 0.452 e. The van der Waals surface area contributed by atoms with E-state index in [0.717, 1.165) is 0 Å². The van der Waals surface area contributed by atoms with Gasteiger partial charge < -0.3 is 9.16 Å². The molecule has 0 aliphatic carbocycles. The highest BCUT2D eigenvalue weighted by Gasteiger charge is 2.48. The fraction of sp³-hybridized carbons (Fsp3) is 0.857. The van der Waals surface area contributed by atoms with Crippen molar-refractivity contribution in [2.45, 2.75) is 78.1 Å². The summed E-state index contributed by atoms with van der Waals surface area (Å²) in [6, 6.07) is 0. The first kappa shape index (κ1) is 19.8. The second-order valence-electron chi connectivity index (χ2n) is 6.32. The molecule has 0 radical (unpaired) electrons. The topological polar surface area (TPSA) is 77.3 Å². The molecule has 0 fully saturated rings. The highest BCUT2D eigenvalue weighted by atomic mass is 28.4. The van der Waals surface area contributed by atoms with Gasteiger partial charge in [0.1, 0.15) is 0 Å². The minimum atomic E-state index is -2.35. The number of hydrogen-bond donors (Lipinski definition) is 0. The van der Waals surface area contributed by atoms with Crippen LogP contribution in [0.3, 0.4) is 0 Å². The Labute approximate surface area is 128 Å². The van der Waals surface area contributed by atoms with Gasteiger partial charge in [0.15, 0.2) is 0 Å². The minimum Gasteiger partial charge on any atom is -0.500 e. The van der Waals surface area contributed by atoms with Crippen LogP contribution in [0.15, 0.2) is 10.2 Å². The van der Waals surface area contributed by atoms with Crippen LogP contribution in [-0.2, 0) is 9.16 Å². The van der Waals surface area contributed by atoms with E-state index in [4.69, 9.17) is 9.16 Å². The molecule has 7 heteroatoms. The van der Waals surface area contributed by atoms with E-state index >= 15 is 0 Å². The number of azo groups is 1. The van der Waals surface area contributed by atoms with Crippen LogP contribution < -0.4 is 0 Å². The molecule has 0 unspecified atom stereocenters. The molecule has 0 saturated carbocycles. The number of nitrogens with zero attached hydrogens (tertiary/aromatic N) is 2. The molecule has 0 spiro atoms. The molecule has 0 aromatic carbocycles. The molecule has 122 valence electrons. The van der Waals surface area contributed by atoms with Gasteiger partial charge in [-0.05, 0) is 30.5 Å². The Kier molecular flexibility index (Phi) is 7.77. The first-order chi connectivity index (χ1) is 9.53. The van der Waals surface area contributed by atoms with Crippen LogP contribution in [-0.4, -0.2) is 26.6 Å². The first-order valence-electron chi connectivity index (χ1n) is 7.39. The van der Waals surface area contributed by atoms with E-state index in [2.05, 4.69) is 51.8 Å². The van der Waals surface area contributed by atoms with Crippen LogP contribution in [0.1, 0.15) is 55.4 Å². The summed E-state index contributed by atoms with van der Waals surface area (Å²) in [6.45, 7) is 15.7. The third-order valence-corrected chi connectivity index (χ3v) is 9.46. The van der Waals surface area contributed by atoms with Gasteiger partial charge >= 0.3 is 12.2 Å². The molecule has 0 bridgehead atoms. The Hall–Kier alpha value is -1.24. The quantitative estimate of drug-likeness (QED) is 0.509.